The van der Waals surface area contributed by atoms with E-state index in [9.17, 15) is 57.1 Å². The van der Waals surface area contributed by atoms with Gasteiger partial charge in [0.25, 0.3) is 0 Å². The van der Waals surface area contributed by atoms with Crippen molar-refractivity contribution in [1.82, 2.24) is 0 Å². The zero-order chi connectivity index (χ0) is 37.1. The van der Waals surface area contributed by atoms with Crippen LogP contribution in [0.15, 0.2) is 36.4 Å². The summed E-state index contributed by atoms with van der Waals surface area (Å²) in [4.78, 5) is 0. The molecule has 5 aromatic carbocycles. The molecule has 0 heterocycles. The molecule has 50 heavy (non-hydrogen) atoms. The Morgan fingerprint density at radius 3 is 1.32 bits per heavy atom. The van der Waals surface area contributed by atoms with Gasteiger partial charge in [-0.1, -0.05) is 18.2 Å². The second-order valence-corrected chi connectivity index (χ2v) is 9.68. The Balaban J connectivity index is 1.84. The fraction of sp³-hybridized carbons (Fsp3) is 0. The zero-order valence-electron chi connectivity index (χ0n) is 23.3. The first kappa shape index (κ1) is 35.9. The molecule has 0 saturated heterocycles. The summed E-state index contributed by atoms with van der Waals surface area (Å²) in [7, 11) is -3.58. The van der Waals surface area contributed by atoms with Crippen LogP contribution in [-0.2, 0) is 0 Å². The smallest absolute Gasteiger partial charge is 0.521 e. The van der Waals surface area contributed by atoms with Crippen molar-refractivity contribution in [3.63, 3.8) is 0 Å². The van der Waals surface area contributed by atoms with E-state index in [1.807, 2.05) is 0 Å². The molecule has 0 aliphatic rings. The molecule has 0 unspecified atom stereocenters. The van der Waals surface area contributed by atoms with Crippen molar-refractivity contribution in [2.45, 2.75) is 0 Å². The Morgan fingerprint density at radius 1 is 0.340 bits per heavy atom. The Bertz CT molecular complexity index is 2170. The van der Waals surface area contributed by atoms with Crippen LogP contribution in [0.5, 0.6) is 11.5 Å². The van der Waals surface area contributed by atoms with Crippen LogP contribution in [0.2, 0.25) is 0 Å². The summed E-state index contributed by atoms with van der Waals surface area (Å²) < 4.78 is 255. The first-order valence-corrected chi connectivity index (χ1v) is 12.9. The average Bonchev–Trinajstić information content (AvgIpc) is 3.10. The minimum atomic E-state index is -3.58. The van der Waals surface area contributed by atoms with Crippen molar-refractivity contribution in [3.05, 3.63) is 135 Å². The minimum Gasteiger partial charge on any atom is -0.521 e. The molecule has 5 rings (SSSR count). The standard InChI is InChI=1S/C30H6BF17O2/c32-9-6-5-8(14(33)15(9)34)7-3-1-2-4-10(7)49-31(13-19(38)24(43)27(46)25(44)20(13)39)50-30-12(18(37)23(42)28(47)29(30)48)11-16(35)21(40)26(45)22(41)17(11)36/h1-6H. The van der Waals surface area contributed by atoms with Crippen LogP contribution in [-0.4, -0.2) is 7.12 Å². The fourth-order valence-corrected chi connectivity index (χ4v) is 4.49. The van der Waals surface area contributed by atoms with Crippen LogP contribution in [0, 0.1) is 98.9 Å². The molecule has 0 fully saturated rings. The molecule has 0 radical (unpaired) electrons. The van der Waals surface area contributed by atoms with Crippen molar-refractivity contribution in [2.24, 2.45) is 0 Å². The lowest BCUT2D eigenvalue weighted by Gasteiger charge is -2.23. The van der Waals surface area contributed by atoms with Crippen LogP contribution < -0.4 is 14.8 Å². The number of hydrogen-bond donors (Lipinski definition) is 0. The highest BCUT2D eigenvalue weighted by Crippen LogP contribution is 2.43. The summed E-state index contributed by atoms with van der Waals surface area (Å²) in [5, 5.41) is 0. The van der Waals surface area contributed by atoms with E-state index in [1.165, 1.54) is 0 Å². The molecular formula is C30H6BF17O2. The third-order valence-electron chi connectivity index (χ3n) is 6.83. The second-order valence-electron chi connectivity index (χ2n) is 9.68. The maximum atomic E-state index is 15.3. The lowest BCUT2D eigenvalue weighted by molar-refractivity contribution is 0.360. The van der Waals surface area contributed by atoms with Gasteiger partial charge in [0.2, 0.25) is 17.5 Å². The van der Waals surface area contributed by atoms with Crippen molar-refractivity contribution in [2.75, 3.05) is 0 Å². The largest absolute Gasteiger partial charge is 0.639 e. The molecule has 260 valence electrons. The third kappa shape index (κ3) is 5.61. The Morgan fingerprint density at radius 2 is 0.780 bits per heavy atom. The van der Waals surface area contributed by atoms with E-state index in [0.717, 1.165) is 18.2 Å². The van der Waals surface area contributed by atoms with Gasteiger partial charge in [-0.2, -0.15) is 4.39 Å². The predicted octanol–water partition coefficient (Wildman–Crippen LogP) is 9.24. The quantitative estimate of drug-likeness (QED) is 0.0720. The SMILES string of the molecule is Fc1ccc(-c2ccccc2OB(Oc2c(F)c(F)c(F)c(F)c2-c2c(F)c(F)c(F)c(F)c2F)c2c(F)c(F)c(F)c(F)c2F)c(F)c1F. The van der Waals surface area contributed by atoms with Gasteiger partial charge in [-0.15, -0.1) is 0 Å². The van der Waals surface area contributed by atoms with Crippen LogP contribution in [0.25, 0.3) is 22.3 Å². The Labute approximate surface area is 266 Å². The molecule has 5 aromatic rings. The van der Waals surface area contributed by atoms with E-state index in [0.29, 0.717) is 18.2 Å². The molecule has 0 N–H and O–H groups in total. The van der Waals surface area contributed by atoms with Crippen molar-refractivity contribution in [1.29, 1.82) is 0 Å². The van der Waals surface area contributed by atoms with Gasteiger partial charge in [-0.25, -0.2) is 70.2 Å². The topological polar surface area (TPSA) is 18.5 Å². The number of rotatable bonds is 7. The Hall–Kier alpha value is -5.43. The highest BCUT2D eigenvalue weighted by atomic mass is 19.2. The van der Waals surface area contributed by atoms with Crippen LogP contribution in [0.3, 0.4) is 0 Å². The monoisotopic (exact) mass is 732 g/mol. The summed E-state index contributed by atoms with van der Waals surface area (Å²) in [6.45, 7) is 0. The third-order valence-corrected chi connectivity index (χ3v) is 6.83. The van der Waals surface area contributed by atoms with Crippen LogP contribution >= 0.6 is 0 Å². The van der Waals surface area contributed by atoms with Crippen LogP contribution in [0.4, 0.5) is 74.6 Å². The maximum Gasteiger partial charge on any atom is 0.639 e. The predicted molar refractivity (Wildman–Crippen MR) is 136 cm³/mol. The van der Waals surface area contributed by atoms with Gasteiger partial charge in [0.05, 0.1) is 16.6 Å². The molecule has 0 aromatic heterocycles. The first-order chi connectivity index (χ1) is 23.4. The summed E-state index contributed by atoms with van der Waals surface area (Å²) in [5.74, 6) is -50.4. The normalized spacial score (nSPS) is 11.3. The molecule has 0 saturated carbocycles. The molecular weight excluding hydrogens is 726 g/mol. The number of benzene rings is 5. The number of halogens is 17. The molecule has 0 aliphatic heterocycles. The second kappa shape index (κ2) is 13.1. The summed E-state index contributed by atoms with van der Waals surface area (Å²) in [6, 6.07) is 4.26. The molecule has 0 spiro atoms. The molecule has 0 aliphatic carbocycles. The average molecular weight is 732 g/mol. The van der Waals surface area contributed by atoms with E-state index >= 15 is 17.6 Å². The van der Waals surface area contributed by atoms with Gasteiger partial charge in [0.1, 0.15) is 5.75 Å². The van der Waals surface area contributed by atoms with Gasteiger partial charge in [-0.05, 0) is 18.2 Å². The molecule has 0 amide bonds. The molecule has 2 nitrogen and oxygen atoms in total. The minimum absolute atomic E-state index is 0.346. The van der Waals surface area contributed by atoms with Gasteiger partial charge in [-0.3, -0.25) is 0 Å². The number of hydrogen-bond acceptors (Lipinski definition) is 2. The van der Waals surface area contributed by atoms with Gasteiger partial charge in [0.15, 0.2) is 87.2 Å². The Kier molecular flexibility index (Phi) is 9.42. The van der Waals surface area contributed by atoms with E-state index < -0.39 is 145 Å². The molecule has 20 heteroatoms. The zero-order valence-corrected chi connectivity index (χ0v) is 23.3. The lowest BCUT2D eigenvalue weighted by atomic mass is 9.76. The first-order valence-electron chi connectivity index (χ1n) is 12.9. The van der Waals surface area contributed by atoms with E-state index in [4.69, 9.17) is 4.65 Å². The highest BCUT2D eigenvalue weighted by Gasteiger charge is 2.43. The van der Waals surface area contributed by atoms with Gasteiger partial charge >= 0.3 is 7.12 Å². The molecule has 0 atom stereocenters. The van der Waals surface area contributed by atoms with Crippen molar-refractivity contribution < 1.29 is 83.9 Å². The van der Waals surface area contributed by atoms with Gasteiger partial charge in [0, 0.05) is 11.1 Å². The van der Waals surface area contributed by atoms with Gasteiger partial charge < -0.3 is 9.31 Å². The van der Waals surface area contributed by atoms with E-state index in [1.54, 1.807) is 0 Å². The fourth-order valence-electron chi connectivity index (χ4n) is 4.49. The van der Waals surface area contributed by atoms with E-state index in [-0.39, 0.29) is 0 Å². The molecule has 0 bridgehead atoms. The number of para-hydroxylation sites is 1. The van der Waals surface area contributed by atoms with E-state index in [2.05, 4.69) is 4.65 Å². The summed E-state index contributed by atoms with van der Waals surface area (Å²) >= 11 is 0. The lowest BCUT2D eigenvalue weighted by Crippen LogP contribution is -2.48. The summed E-state index contributed by atoms with van der Waals surface area (Å²) in [5.41, 5.74) is -9.21. The highest BCUT2D eigenvalue weighted by molar-refractivity contribution is 6.63. The van der Waals surface area contributed by atoms with Crippen molar-refractivity contribution >= 4 is 12.6 Å². The summed E-state index contributed by atoms with van der Waals surface area (Å²) in [6.07, 6.45) is 0. The van der Waals surface area contributed by atoms with Crippen molar-refractivity contribution in [3.8, 4) is 33.8 Å². The van der Waals surface area contributed by atoms with Crippen LogP contribution in [0.1, 0.15) is 0 Å². The maximum absolute atomic E-state index is 15.3.